The Morgan fingerprint density at radius 3 is 0.863 bits per heavy atom. The Bertz CT molecular complexity index is 1440. The highest BCUT2D eigenvalue weighted by Crippen LogP contribution is 2.43. The maximum absolute atomic E-state index is 13.0. The summed E-state index contributed by atoms with van der Waals surface area (Å²) < 4.78 is 39.8. The first-order valence-electron chi connectivity index (χ1n) is 34.2. The van der Waals surface area contributed by atoms with E-state index in [-0.39, 0.29) is 25.9 Å². The number of rotatable bonds is 65. The van der Waals surface area contributed by atoms with Crippen LogP contribution in [0.4, 0.5) is 0 Å². The number of aliphatic hydroxyl groups excluding tert-OH is 1. The third kappa shape index (κ3) is 60.5. The Morgan fingerprint density at radius 2 is 0.575 bits per heavy atom. The molecule has 0 aliphatic rings. The van der Waals surface area contributed by atoms with E-state index >= 15 is 0 Å². The molecular formula is C68H129O11P. The normalized spacial score (nSPS) is 13.3. The summed E-state index contributed by atoms with van der Waals surface area (Å²) in [4.78, 5) is 48.8. The molecule has 0 aliphatic carbocycles. The summed E-state index contributed by atoms with van der Waals surface area (Å²) in [6.45, 7) is 4.73. The highest BCUT2D eigenvalue weighted by Gasteiger charge is 2.28. The van der Waals surface area contributed by atoms with E-state index in [9.17, 15) is 28.9 Å². The summed E-state index contributed by atoms with van der Waals surface area (Å²) >= 11 is 0. The van der Waals surface area contributed by atoms with Crippen molar-refractivity contribution in [2.45, 2.75) is 367 Å². The van der Waals surface area contributed by atoms with Gasteiger partial charge in [-0.25, -0.2) is 4.57 Å². The number of esters is 3. The molecule has 0 rings (SSSR count). The average molecular weight is 1150 g/mol. The van der Waals surface area contributed by atoms with E-state index in [4.69, 9.17) is 23.3 Å². The van der Waals surface area contributed by atoms with Crippen LogP contribution in [0, 0.1) is 0 Å². The van der Waals surface area contributed by atoms with Gasteiger partial charge in [0.05, 0.1) is 19.8 Å². The largest absolute Gasteiger partial charge is 0.472 e. The topological polar surface area (TPSA) is 155 Å². The minimum atomic E-state index is -4.75. The van der Waals surface area contributed by atoms with Crippen molar-refractivity contribution in [3.8, 4) is 0 Å². The molecule has 0 radical (unpaired) electrons. The number of phosphoric acid groups is 1. The molecule has 0 aromatic rings. The first kappa shape index (κ1) is 78.0. The molecule has 3 unspecified atom stereocenters. The molecule has 12 heteroatoms. The van der Waals surface area contributed by atoms with Gasteiger partial charge in [-0.15, -0.1) is 0 Å². The van der Waals surface area contributed by atoms with E-state index in [0.29, 0.717) is 19.3 Å². The maximum Gasteiger partial charge on any atom is 0.472 e. The van der Waals surface area contributed by atoms with Crippen molar-refractivity contribution in [2.24, 2.45) is 0 Å². The number of aliphatic hydroxyl groups is 1. The van der Waals surface area contributed by atoms with Crippen molar-refractivity contribution in [3.63, 3.8) is 0 Å². The molecule has 11 nitrogen and oxygen atoms in total. The summed E-state index contributed by atoms with van der Waals surface area (Å²) in [7, 11) is -4.75. The number of hydrogen-bond donors (Lipinski definition) is 2. The first-order valence-corrected chi connectivity index (χ1v) is 35.7. The Morgan fingerprint density at radius 1 is 0.338 bits per heavy atom. The molecule has 0 saturated heterocycles. The summed E-state index contributed by atoms with van der Waals surface area (Å²) in [5.74, 6) is -1.44. The summed E-state index contributed by atoms with van der Waals surface area (Å²) in [5.41, 5.74) is 0. The fourth-order valence-electron chi connectivity index (χ4n) is 10.1. The molecular weight excluding hydrogens is 1020 g/mol. The number of carbonyl (C=O) groups excluding carboxylic acids is 3. The smallest absolute Gasteiger partial charge is 0.462 e. The van der Waals surface area contributed by atoms with Gasteiger partial charge in [0.25, 0.3) is 0 Å². The predicted molar refractivity (Wildman–Crippen MR) is 335 cm³/mol. The van der Waals surface area contributed by atoms with Gasteiger partial charge in [0.2, 0.25) is 0 Å². The molecule has 0 heterocycles. The molecule has 0 bridgehead atoms. The van der Waals surface area contributed by atoms with Crippen LogP contribution in [0.2, 0.25) is 0 Å². The van der Waals surface area contributed by atoms with Crippen LogP contribution in [0.1, 0.15) is 355 Å². The van der Waals surface area contributed by atoms with E-state index in [0.717, 1.165) is 64.2 Å². The fraction of sp³-hybridized carbons (Fsp3) is 0.897. The van der Waals surface area contributed by atoms with Crippen LogP contribution >= 0.6 is 7.82 Å². The number of allylic oxidation sites excluding steroid dienone is 4. The van der Waals surface area contributed by atoms with Crippen LogP contribution in [0.5, 0.6) is 0 Å². The van der Waals surface area contributed by atoms with Gasteiger partial charge >= 0.3 is 25.7 Å². The van der Waals surface area contributed by atoms with Crippen molar-refractivity contribution >= 4 is 25.7 Å². The van der Waals surface area contributed by atoms with Gasteiger partial charge in [0.15, 0.2) is 6.10 Å². The molecule has 0 aliphatic heterocycles. The second-order valence-corrected chi connectivity index (χ2v) is 24.8. The van der Waals surface area contributed by atoms with Crippen LogP contribution in [-0.2, 0) is 42.2 Å². The lowest BCUT2D eigenvalue weighted by Crippen LogP contribution is -2.30. The Hall–Kier alpha value is -2.04. The number of hydrogen-bond acceptors (Lipinski definition) is 10. The molecule has 0 amide bonds. The average Bonchev–Trinajstić information content (AvgIpc) is 3.45. The summed E-state index contributed by atoms with van der Waals surface area (Å²) in [5, 5.41) is 9.87. The number of phosphoric ester groups is 1. The Kier molecular flexibility index (Phi) is 61.4. The third-order valence-electron chi connectivity index (χ3n) is 15.3. The molecule has 2 N–H and O–H groups in total. The van der Waals surface area contributed by atoms with Gasteiger partial charge in [-0.3, -0.25) is 23.4 Å². The predicted octanol–water partition coefficient (Wildman–Crippen LogP) is 20.9. The molecule has 0 spiro atoms. The maximum atomic E-state index is 13.0. The van der Waals surface area contributed by atoms with Crippen molar-refractivity contribution in [1.82, 2.24) is 0 Å². The van der Waals surface area contributed by atoms with Crippen LogP contribution in [0.15, 0.2) is 24.3 Å². The quantitative estimate of drug-likeness (QED) is 0.0197. The summed E-state index contributed by atoms with van der Waals surface area (Å²) in [6.07, 6.45) is 66.9. The molecule has 0 saturated carbocycles. The monoisotopic (exact) mass is 1150 g/mol. The lowest BCUT2D eigenvalue weighted by Gasteiger charge is -2.21. The fourth-order valence-corrected chi connectivity index (χ4v) is 10.9. The van der Waals surface area contributed by atoms with Gasteiger partial charge in [-0.2, -0.15) is 0 Å². The van der Waals surface area contributed by atoms with Gasteiger partial charge in [0.1, 0.15) is 12.7 Å². The first-order chi connectivity index (χ1) is 39.2. The lowest BCUT2D eigenvalue weighted by molar-refractivity contribution is -0.161. The minimum Gasteiger partial charge on any atom is -0.462 e. The molecule has 80 heavy (non-hydrogen) atoms. The van der Waals surface area contributed by atoms with Crippen LogP contribution < -0.4 is 0 Å². The Balaban J connectivity index is 4.64. The van der Waals surface area contributed by atoms with Gasteiger partial charge < -0.3 is 24.2 Å². The van der Waals surface area contributed by atoms with E-state index in [1.807, 2.05) is 0 Å². The van der Waals surface area contributed by atoms with Crippen molar-refractivity contribution in [2.75, 3.05) is 26.4 Å². The number of ether oxygens (including phenoxy) is 3. The zero-order chi connectivity index (χ0) is 58.3. The number of unbranched alkanes of at least 4 members (excludes halogenated alkanes) is 44. The second-order valence-electron chi connectivity index (χ2n) is 23.3. The van der Waals surface area contributed by atoms with Crippen molar-refractivity contribution < 1.29 is 52.2 Å². The third-order valence-corrected chi connectivity index (χ3v) is 16.3. The van der Waals surface area contributed by atoms with Gasteiger partial charge in [0, 0.05) is 19.3 Å². The molecule has 472 valence electrons. The second kappa shape index (κ2) is 63.0. The van der Waals surface area contributed by atoms with Crippen LogP contribution in [0.25, 0.3) is 0 Å². The Labute approximate surface area is 493 Å². The lowest BCUT2D eigenvalue weighted by atomic mass is 10.0. The van der Waals surface area contributed by atoms with Crippen LogP contribution in [0.3, 0.4) is 0 Å². The van der Waals surface area contributed by atoms with Crippen molar-refractivity contribution in [3.05, 3.63) is 24.3 Å². The SMILES string of the molecule is CCCCCCCC/C=C\CCCCCCCCCCCC(=O)OC(COC(=O)CCCCCCCCC/C=C\CCCCCCCC)COP(=O)(O)OCC(CO)OC(=O)CCCCCCCCCCCCCCCCCCC. The zero-order valence-electron chi connectivity index (χ0n) is 52.6. The van der Waals surface area contributed by atoms with Crippen LogP contribution in [-0.4, -0.2) is 66.5 Å². The highest BCUT2D eigenvalue weighted by molar-refractivity contribution is 7.47. The van der Waals surface area contributed by atoms with E-state index in [1.165, 1.54) is 231 Å². The molecule has 0 aromatic heterocycles. The highest BCUT2D eigenvalue weighted by atomic mass is 31.2. The molecule has 0 fully saturated rings. The minimum absolute atomic E-state index is 0.170. The van der Waals surface area contributed by atoms with Gasteiger partial charge in [-0.05, 0) is 70.6 Å². The number of carbonyl (C=O) groups is 3. The van der Waals surface area contributed by atoms with Gasteiger partial charge in [-0.1, -0.05) is 289 Å². The van der Waals surface area contributed by atoms with E-state index < -0.39 is 57.8 Å². The standard InChI is InChI=1S/C68H129O11P/c1-4-7-10-13-16-19-22-25-28-31-32-35-38-41-44-47-50-53-56-59-68(72)79-65(61-75-66(70)57-54-51-48-45-42-39-36-33-29-26-23-20-17-14-11-8-5-2)63-77-80(73,74)76-62-64(60-69)78-67(71)58-55-52-49-46-43-40-37-34-30-27-24-21-18-15-12-9-6-3/h25-26,28-29,64-65,69H,4-24,27,30-63H2,1-3H3,(H,73,74)/b28-25-,29-26-. The van der Waals surface area contributed by atoms with Crippen molar-refractivity contribution in [1.29, 1.82) is 0 Å². The van der Waals surface area contributed by atoms with E-state index in [2.05, 4.69) is 45.1 Å². The molecule has 0 aromatic carbocycles. The zero-order valence-corrected chi connectivity index (χ0v) is 53.5. The molecule has 3 atom stereocenters. The summed E-state index contributed by atoms with van der Waals surface area (Å²) in [6, 6.07) is 0. The van der Waals surface area contributed by atoms with E-state index in [1.54, 1.807) is 0 Å².